The van der Waals surface area contributed by atoms with Crippen LogP contribution in [0.25, 0.3) is 22.3 Å². The standard InChI is InChI=1S/C21H25N5O2/c1-22-21-20-19(23-8-9-24-20)14-18(25-21)15-2-4-16(5-3-15)26-10-6-17(7-11-26)28-13-12-27/h2-5,8-9,14,17,27H,6-7,10-13H2,1H3,(H,22,25). The van der Waals surface area contributed by atoms with Crippen LogP contribution in [0.2, 0.25) is 0 Å². The highest BCUT2D eigenvalue weighted by Crippen LogP contribution is 2.28. The highest BCUT2D eigenvalue weighted by molar-refractivity contribution is 5.88. The molecule has 3 aromatic rings. The molecule has 0 bridgehead atoms. The molecular formula is C21H25N5O2. The molecule has 2 aromatic heterocycles. The quantitative estimate of drug-likeness (QED) is 0.681. The number of rotatable bonds is 6. The van der Waals surface area contributed by atoms with Gasteiger partial charge in [0.15, 0.2) is 5.82 Å². The van der Waals surface area contributed by atoms with Crippen LogP contribution >= 0.6 is 0 Å². The lowest BCUT2D eigenvalue weighted by molar-refractivity contribution is 0.0159. The first-order valence-corrected chi connectivity index (χ1v) is 9.66. The predicted octanol–water partition coefficient (Wildman–Crippen LogP) is 2.71. The molecule has 0 saturated carbocycles. The zero-order valence-electron chi connectivity index (χ0n) is 16.0. The molecule has 1 aromatic carbocycles. The molecule has 7 nitrogen and oxygen atoms in total. The third-order valence-corrected chi connectivity index (χ3v) is 5.11. The predicted molar refractivity (Wildman–Crippen MR) is 111 cm³/mol. The third kappa shape index (κ3) is 3.90. The summed E-state index contributed by atoms with van der Waals surface area (Å²) in [5.74, 6) is 0.731. The van der Waals surface area contributed by atoms with Gasteiger partial charge in [-0.3, -0.25) is 4.98 Å². The first kappa shape index (κ1) is 18.6. The van der Waals surface area contributed by atoms with E-state index in [2.05, 4.69) is 44.5 Å². The molecule has 0 spiro atoms. The molecule has 28 heavy (non-hydrogen) atoms. The normalized spacial score (nSPS) is 15.1. The van der Waals surface area contributed by atoms with E-state index >= 15 is 0 Å². The fourth-order valence-electron chi connectivity index (χ4n) is 3.64. The van der Waals surface area contributed by atoms with E-state index in [4.69, 9.17) is 14.8 Å². The first-order valence-electron chi connectivity index (χ1n) is 9.66. The van der Waals surface area contributed by atoms with Gasteiger partial charge in [-0.25, -0.2) is 9.97 Å². The average Bonchev–Trinajstić information content (AvgIpc) is 2.77. The van der Waals surface area contributed by atoms with Gasteiger partial charge in [0.2, 0.25) is 0 Å². The Labute approximate surface area is 164 Å². The second kappa shape index (κ2) is 8.50. The molecule has 1 saturated heterocycles. The van der Waals surface area contributed by atoms with Crippen molar-refractivity contribution in [3.63, 3.8) is 0 Å². The molecular weight excluding hydrogens is 354 g/mol. The van der Waals surface area contributed by atoms with Gasteiger partial charge in [0.25, 0.3) is 0 Å². The Hall–Kier alpha value is -2.77. The van der Waals surface area contributed by atoms with Crippen LogP contribution in [-0.4, -0.2) is 59.5 Å². The van der Waals surface area contributed by atoms with Crippen molar-refractivity contribution in [2.45, 2.75) is 18.9 Å². The minimum atomic E-state index is 0.0886. The van der Waals surface area contributed by atoms with E-state index < -0.39 is 0 Å². The topological polar surface area (TPSA) is 83.4 Å². The second-order valence-corrected chi connectivity index (χ2v) is 6.86. The van der Waals surface area contributed by atoms with Gasteiger partial charge in [0.05, 0.1) is 30.5 Å². The molecule has 0 amide bonds. The summed E-state index contributed by atoms with van der Waals surface area (Å²) < 4.78 is 5.65. The smallest absolute Gasteiger partial charge is 0.154 e. The molecule has 0 unspecified atom stereocenters. The molecule has 4 rings (SSSR count). The number of hydrogen-bond acceptors (Lipinski definition) is 7. The summed E-state index contributed by atoms with van der Waals surface area (Å²) in [5.41, 5.74) is 4.73. The van der Waals surface area contributed by atoms with E-state index in [1.807, 2.05) is 13.1 Å². The molecule has 3 heterocycles. The van der Waals surface area contributed by atoms with Crippen LogP contribution in [0.1, 0.15) is 12.8 Å². The number of pyridine rings is 1. The maximum atomic E-state index is 8.89. The molecule has 1 fully saturated rings. The molecule has 7 heteroatoms. The second-order valence-electron chi connectivity index (χ2n) is 6.86. The molecule has 0 aliphatic carbocycles. The van der Waals surface area contributed by atoms with Crippen LogP contribution in [0.3, 0.4) is 0 Å². The van der Waals surface area contributed by atoms with Gasteiger partial charge in [-0.15, -0.1) is 0 Å². The van der Waals surface area contributed by atoms with Crippen molar-refractivity contribution in [1.82, 2.24) is 15.0 Å². The summed E-state index contributed by atoms with van der Waals surface area (Å²) in [7, 11) is 1.84. The highest BCUT2D eigenvalue weighted by Gasteiger charge is 2.20. The minimum absolute atomic E-state index is 0.0886. The van der Waals surface area contributed by atoms with Crippen molar-refractivity contribution >= 4 is 22.5 Å². The largest absolute Gasteiger partial charge is 0.394 e. The van der Waals surface area contributed by atoms with E-state index in [1.165, 1.54) is 5.69 Å². The van der Waals surface area contributed by atoms with Gasteiger partial charge in [-0.05, 0) is 31.0 Å². The lowest BCUT2D eigenvalue weighted by atomic mass is 10.1. The number of aliphatic hydroxyl groups excluding tert-OH is 1. The number of anilines is 2. The number of piperidine rings is 1. The van der Waals surface area contributed by atoms with Crippen LogP contribution in [0.5, 0.6) is 0 Å². The number of hydrogen-bond donors (Lipinski definition) is 2. The number of nitrogens with one attached hydrogen (secondary N) is 1. The van der Waals surface area contributed by atoms with Crippen molar-refractivity contribution in [3.05, 3.63) is 42.7 Å². The van der Waals surface area contributed by atoms with Crippen molar-refractivity contribution in [2.24, 2.45) is 0 Å². The Balaban J connectivity index is 1.50. The summed E-state index contributed by atoms with van der Waals surface area (Å²) in [6.07, 6.45) is 5.60. The zero-order valence-corrected chi connectivity index (χ0v) is 16.0. The van der Waals surface area contributed by atoms with Gasteiger partial charge < -0.3 is 20.1 Å². The van der Waals surface area contributed by atoms with Crippen LogP contribution in [0.15, 0.2) is 42.7 Å². The third-order valence-electron chi connectivity index (χ3n) is 5.11. The number of aromatic nitrogens is 3. The van der Waals surface area contributed by atoms with Crippen molar-refractivity contribution < 1.29 is 9.84 Å². The van der Waals surface area contributed by atoms with Crippen LogP contribution in [-0.2, 0) is 4.74 Å². The number of fused-ring (bicyclic) bond motifs is 1. The van der Waals surface area contributed by atoms with Gasteiger partial charge in [-0.1, -0.05) is 12.1 Å². The van der Waals surface area contributed by atoms with E-state index in [9.17, 15) is 0 Å². The van der Waals surface area contributed by atoms with Gasteiger partial charge in [-0.2, -0.15) is 0 Å². The highest BCUT2D eigenvalue weighted by atomic mass is 16.5. The van der Waals surface area contributed by atoms with Crippen molar-refractivity contribution in [1.29, 1.82) is 0 Å². The minimum Gasteiger partial charge on any atom is -0.394 e. The Kier molecular flexibility index (Phi) is 5.64. The summed E-state index contributed by atoms with van der Waals surface area (Å²) in [4.78, 5) is 15.9. The van der Waals surface area contributed by atoms with Crippen LogP contribution in [0.4, 0.5) is 11.5 Å². The lowest BCUT2D eigenvalue weighted by Gasteiger charge is -2.33. The maximum absolute atomic E-state index is 8.89. The van der Waals surface area contributed by atoms with Crippen LogP contribution < -0.4 is 10.2 Å². The molecule has 1 aliphatic heterocycles. The van der Waals surface area contributed by atoms with E-state index in [0.29, 0.717) is 6.61 Å². The Morgan fingerprint density at radius 1 is 1.14 bits per heavy atom. The zero-order chi connectivity index (χ0) is 19.3. The Morgan fingerprint density at radius 3 is 2.61 bits per heavy atom. The summed E-state index contributed by atoms with van der Waals surface area (Å²) in [6.45, 7) is 2.44. The maximum Gasteiger partial charge on any atom is 0.154 e. The fourth-order valence-corrected chi connectivity index (χ4v) is 3.64. The summed E-state index contributed by atoms with van der Waals surface area (Å²) in [6, 6.07) is 10.5. The number of ether oxygens (including phenoxy) is 1. The first-order chi connectivity index (χ1) is 13.8. The molecule has 1 aliphatic rings. The van der Waals surface area contributed by atoms with E-state index in [1.54, 1.807) is 12.4 Å². The molecule has 2 N–H and O–H groups in total. The summed E-state index contributed by atoms with van der Waals surface area (Å²) in [5, 5.41) is 12.0. The van der Waals surface area contributed by atoms with Crippen molar-refractivity contribution in [3.8, 4) is 11.3 Å². The number of nitrogens with zero attached hydrogens (tertiary/aromatic N) is 4. The summed E-state index contributed by atoms with van der Waals surface area (Å²) >= 11 is 0. The SMILES string of the molecule is CNc1nc(-c2ccc(N3CCC(OCCO)CC3)cc2)cc2nccnc12. The average molecular weight is 379 g/mol. The fraction of sp³-hybridized carbons (Fsp3) is 0.381. The monoisotopic (exact) mass is 379 g/mol. The molecule has 0 radical (unpaired) electrons. The Bertz CT molecular complexity index is 924. The molecule has 0 atom stereocenters. The van der Waals surface area contributed by atoms with E-state index in [-0.39, 0.29) is 12.7 Å². The number of benzene rings is 1. The van der Waals surface area contributed by atoms with Gasteiger partial charge in [0, 0.05) is 43.8 Å². The Morgan fingerprint density at radius 2 is 1.89 bits per heavy atom. The van der Waals surface area contributed by atoms with Crippen molar-refractivity contribution in [2.75, 3.05) is 43.6 Å². The number of aliphatic hydroxyl groups is 1. The molecule has 146 valence electrons. The van der Waals surface area contributed by atoms with E-state index in [0.717, 1.165) is 54.0 Å². The van der Waals surface area contributed by atoms with Gasteiger partial charge in [0.1, 0.15) is 5.52 Å². The van der Waals surface area contributed by atoms with Crippen LogP contribution in [0, 0.1) is 0 Å². The van der Waals surface area contributed by atoms with Gasteiger partial charge >= 0.3 is 0 Å². The lowest BCUT2D eigenvalue weighted by Crippen LogP contribution is -2.37.